The number of nitrogens with one attached hydrogen (secondary N) is 1. The van der Waals surface area contributed by atoms with Gasteiger partial charge in [0.05, 0.1) is 4.90 Å². The molecule has 1 amide bonds. The molecule has 1 aliphatic heterocycles. The van der Waals surface area contributed by atoms with Crippen molar-refractivity contribution in [3.63, 3.8) is 0 Å². The molecule has 0 spiro atoms. The van der Waals surface area contributed by atoms with Gasteiger partial charge in [0.1, 0.15) is 0 Å². The number of rotatable bonds is 8. The normalized spacial score (nSPS) is 16.3. The molecule has 31 heavy (non-hydrogen) atoms. The van der Waals surface area contributed by atoms with Crippen molar-refractivity contribution in [3.05, 3.63) is 64.7 Å². The van der Waals surface area contributed by atoms with Crippen LogP contribution in [-0.4, -0.2) is 51.5 Å². The molecular formula is C23H29ClN2O4S. The van der Waals surface area contributed by atoms with E-state index in [1.165, 1.54) is 16.4 Å². The molecule has 0 aliphatic carbocycles. The van der Waals surface area contributed by atoms with E-state index in [-0.39, 0.29) is 16.2 Å². The summed E-state index contributed by atoms with van der Waals surface area (Å²) in [4.78, 5) is 13.1. The van der Waals surface area contributed by atoms with Gasteiger partial charge >= 0.3 is 0 Å². The molecule has 1 saturated heterocycles. The Bertz CT molecular complexity index is 998. The molecule has 6 nitrogen and oxygen atoms in total. The molecule has 0 unspecified atom stereocenters. The summed E-state index contributed by atoms with van der Waals surface area (Å²) in [5.74, 6) is -0.295. The van der Waals surface area contributed by atoms with Crippen molar-refractivity contribution in [2.24, 2.45) is 0 Å². The first-order valence-corrected chi connectivity index (χ1v) is 12.4. The number of carbonyl (C=O) groups excluding carboxylic acids is 1. The van der Waals surface area contributed by atoms with E-state index in [1.807, 2.05) is 24.3 Å². The van der Waals surface area contributed by atoms with Crippen molar-refractivity contribution in [1.29, 1.82) is 0 Å². The summed E-state index contributed by atoms with van der Waals surface area (Å²) in [5.41, 5.74) is 1.19. The smallest absolute Gasteiger partial charge is 0.251 e. The lowest BCUT2D eigenvalue weighted by Gasteiger charge is -2.38. The summed E-state index contributed by atoms with van der Waals surface area (Å²) >= 11 is 6.05. The Labute approximate surface area is 189 Å². The Kier molecular flexibility index (Phi) is 7.75. The zero-order valence-electron chi connectivity index (χ0n) is 17.9. The Hall–Kier alpha value is -1.93. The molecule has 2 aromatic rings. The molecule has 1 aliphatic rings. The maximum absolute atomic E-state index is 12.9. The first-order valence-electron chi connectivity index (χ1n) is 10.5. The third-order valence-electron chi connectivity index (χ3n) is 5.93. The minimum Gasteiger partial charge on any atom is -0.381 e. The van der Waals surface area contributed by atoms with E-state index in [4.69, 9.17) is 16.3 Å². The minimum absolute atomic E-state index is 0.127. The summed E-state index contributed by atoms with van der Waals surface area (Å²) in [5, 5.41) is 3.69. The highest BCUT2D eigenvalue weighted by Crippen LogP contribution is 2.35. The van der Waals surface area contributed by atoms with Crippen LogP contribution in [0.3, 0.4) is 0 Å². The van der Waals surface area contributed by atoms with Crippen LogP contribution in [0.4, 0.5) is 0 Å². The fraction of sp³-hybridized carbons (Fsp3) is 0.435. The average Bonchev–Trinajstić information content (AvgIpc) is 2.79. The average molecular weight is 465 g/mol. The van der Waals surface area contributed by atoms with Gasteiger partial charge in [0.25, 0.3) is 5.91 Å². The number of amides is 1. The Balaban J connectivity index is 1.80. The van der Waals surface area contributed by atoms with E-state index in [0.717, 1.165) is 18.4 Å². The molecule has 0 radical (unpaired) electrons. The zero-order chi connectivity index (χ0) is 22.5. The van der Waals surface area contributed by atoms with Gasteiger partial charge in [0, 0.05) is 48.8 Å². The molecule has 168 valence electrons. The Morgan fingerprint density at radius 3 is 2.35 bits per heavy atom. The summed E-state index contributed by atoms with van der Waals surface area (Å²) in [6.07, 6.45) is 1.57. The standard InChI is InChI=1S/C23H29ClN2O4S/c1-3-26(4-2)31(28,29)21-7-5-6-18(16-21)22(27)25-17-23(12-14-30-15-13-23)19-8-10-20(24)11-9-19/h5-11,16H,3-4,12-15,17H2,1-2H3,(H,25,27). The van der Waals surface area contributed by atoms with E-state index in [2.05, 4.69) is 5.32 Å². The number of sulfonamides is 1. The van der Waals surface area contributed by atoms with Crippen molar-refractivity contribution < 1.29 is 17.9 Å². The number of nitrogens with zero attached hydrogens (tertiary/aromatic N) is 1. The number of hydrogen-bond donors (Lipinski definition) is 1. The first kappa shape index (κ1) is 23.7. The molecule has 0 aromatic heterocycles. The van der Waals surface area contributed by atoms with Crippen LogP contribution < -0.4 is 5.32 Å². The van der Waals surface area contributed by atoms with Gasteiger partial charge in [-0.25, -0.2) is 8.42 Å². The fourth-order valence-electron chi connectivity index (χ4n) is 4.00. The monoisotopic (exact) mass is 464 g/mol. The van der Waals surface area contributed by atoms with Crippen LogP contribution in [0.2, 0.25) is 5.02 Å². The summed E-state index contributed by atoms with van der Waals surface area (Å²) in [6, 6.07) is 13.9. The minimum atomic E-state index is -3.63. The quantitative estimate of drug-likeness (QED) is 0.643. The number of carbonyl (C=O) groups is 1. The molecule has 0 saturated carbocycles. The maximum atomic E-state index is 12.9. The molecule has 0 bridgehead atoms. The zero-order valence-corrected chi connectivity index (χ0v) is 19.5. The Morgan fingerprint density at radius 2 is 1.74 bits per heavy atom. The van der Waals surface area contributed by atoms with Crippen molar-refractivity contribution in [1.82, 2.24) is 9.62 Å². The topological polar surface area (TPSA) is 75.7 Å². The van der Waals surface area contributed by atoms with Crippen molar-refractivity contribution in [2.75, 3.05) is 32.8 Å². The third-order valence-corrected chi connectivity index (χ3v) is 8.23. The number of halogens is 1. The Morgan fingerprint density at radius 1 is 1.10 bits per heavy atom. The van der Waals surface area contributed by atoms with E-state index < -0.39 is 10.0 Å². The third kappa shape index (κ3) is 5.29. The lowest BCUT2D eigenvalue weighted by atomic mass is 9.74. The summed E-state index contributed by atoms with van der Waals surface area (Å²) in [7, 11) is -3.63. The molecule has 1 N–H and O–H groups in total. The van der Waals surface area contributed by atoms with Gasteiger partial charge in [-0.15, -0.1) is 0 Å². The molecule has 1 fully saturated rings. The largest absolute Gasteiger partial charge is 0.381 e. The van der Waals surface area contributed by atoms with Gasteiger partial charge in [-0.2, -0.15) is 4.31 Å². The maximum Gasteiger partial charge on any atom is 0.251 e. The van der Waals surface area contributed by atoms with Crippen LogP contribution in [0.25, 0.3) is 0 Å². The molecule has 2 aromatic carbocycles. The predicted octanol–water partition coefficient (Wildman–Crippen LogP) is 3.85. The van der Waals surface area contributed by atoms with E-state index in [1.54, 1.807) is 26.0 Å². The molecular weight excluding hydrogens is 436 g/mol. The highest BCUT2D eigenvalue weighted by Gasteiger charge is 2.35. The number of benzene rings is 2. The van der Waals surface area contributed by atoms with Gasteiger partial charge in [-0.05, 0) is 48.7 Å². The molecule has 8 heteroatoms. The van der Waals surface area contributed by atoms with Crippen LogP contribution in [0.15, 0.2) is 53.4 Å². The number of ether oxygens (including phenoxy) is 1. The second-order valence-electron chi connectivity index (χ2n) is 7.70. The number of hydrogen-bond acceptors (Lipinski definition) is 4. The fourth-order valence-corrected chi connectivity index (χ4v) is 5.63. The first-order chi connectivity index (χ1) is 14.8. The summed E-state index contributed by atoms with van der Waals surface area (Å²) in [6.45, 7) is 6.02. The lowest BCUT2D eigenvalue weighted by Crippen LogP contribution is -2.44. The molecule has 3 rings (SSSR count). The highest BCUT2D eigenvalue weighted by atomic mass is 35.5. The van der Waals surface area contributed by atoms with E-state index in [0.29, 0.717) is 43.4 Å². The highest BCUT2D eigenvalue weighted by molar-refractivity contribution is 7.89. The van der Waals surface area contributed by atoms with Crippen LogP contribution in [0, 0.1) is 0 Å². The predicted molar refractivity (Wildman–Crippen MR) is 122 cm³/mol. The van der Waals surface area contributed by atoms with E-state index >= 15 is 0 Å². The lowest BCUT2D eigenvalue weighted by molar-refractivity contribution is 0.0487. The van der Waals surface area contributed by atoms with E-state index in [9.17, 15) is 13.2 Å². The van der Waals surface area contributed by atoms with Crippen molar-refractivity contribution >= 4 is 27.5 Å². The van der Waals surface area contributed by atoms with Crippen LogP contribution in [0.1, 0.15) is 42.6 Å². The van der Waals surface area contributed by atoms with Gasteiger partial charge in [0.15, 0.2) is 0 Å². The SMILES string of the molecule is CCN(CC)S(=O)(=O)c1cccc(C(=O)NCC2(c3ccc(Cl)cc3)CCOCC2)c1. The second kappa shape index (κ2) is 10.1. The van der Waals surface area contributed by atoms with Gasteiger partial charge in [-0.1, -0.05) is 43.6 Å². The van der Waals surface area contributed by atoms with Gasteiger partial charge in [0.2, 0.25) is 10.0 Å². The van der Waals surface area contributed by atoms with Crippen LogP contribution in [-0.2, 0) is 20.2 Å². The molecule has 0 atom stereocenters. The summed E-state index contributed by atoms with van der Waals surface area (Å²) < 4.78 is 32.5. The van der Waals surface area contributed by atoms with Crippen LogP contribution >= 0.6 is 11.6 Å². The molecule has 1 heterocycles. The van der Waals surface area contributed by atoms with Gasteiger partial charge < -0.3 is 10.1 Å². The van der Waals surface area contributed by atoms with Crippen LogP contribution in [0.5, 0.6) is 0 Å². The van der Waals surface area contributed by atoms with Gasteiger partial charge in [-0.3, -0.25) is 4.79 Å². The van der Waals surface area contributed by atoms with Crippen molar-refractivity contribution in [3.8, 4) is 0 Å². The van der Waals surface area contributed by atoms with Crippen molar-refractivity contribution in [2.45, 2.75) is 37.0 Å². The second-order valence-corrected chi connectivity index (χ2v) is 10.1.